The highest BCUT2D eigenvalue weighted by Gasteiger charge is 2.22. The van der Waals surface area contributed by atoms with Crippen LogP contribution in [0, 0.1) is 0 Å². The number of rotatable bonds is 4. The molecule has 1 unspecified atom stereocenters. The molecule has 2 rings (SSSR count). The molecule has 0 radical (unpaired) electrons. The molecule has 1 amide bonds. The normalized spacial score (nSPS) is 16.0. The molecule has 1 atom stereocenters. The molecule has 1 aromatic carbocycles. The van der Waals surface area contributed by atoms with Crippen LogP contribution < -0.4 is 11.2 Å². The first kappa shape index (κ1) is 19.2. The molecule has 1 fully saturated rings. The van der Waals surface area contributed by atoms with Crippen LogP contribution in [0.4, 0.5) is 4.79 Å². The summed E-state index contributed by atoms with van der Waals surface area (Å²) in [7, 11) is 0. The summed E-state index contributed by atoms with van der Waals surface area (Å²) in [5, 5.41) is 11.2. The number of hydrogen-bond donors (Lipinski definition) is 3. The number of para-hydroxylation sites is 1. The zero-order chi connectivity index (χ0) is 15.9. The van der Waals surface area contributed by atoms with E-state index in [1.165, 1.54) is 6.07 Å². The number of hydrogen-bond acceptors (Lipinski definition) is 7. The number of benzene rings is 1. The van der Waals surface area contributed by atoms with E-state index in [1.54, 1.807) is 23.2 Å². The number of carbonyl (C=O) groups excluding carboxylic acids is 2. The van der Waals surface area contributed by atoms with Crippen molar-refractivity contribution < 1.29 is 24.2 Å². The lowest BCUT2D eigenvalue weighted by molar-refractivity contribution is -0.139. The van der Waals surface area contributed by atoms with Crippen molar-refractivity contribution in [3.8, 4) is 5.75 Å². The van der Waals surface area contributed by atoms with E-state index in [0.29, 0.717) is 31.9 Å². The summed E-state index contributed by atoms with van der Waals surface area (Å²) < 4.78 is 9.78. The van der Waals surface area contributed by atoms with Crippen molar-refractivity contribution in [2.45, 2.75) is 12.5 Å². The van der Waals surface area contributed by atoms with E-state index in [-0.39, 0.29) is 24.6 Å². The Bertz CT molecular complexity index is 537. The van der Waals surface area contributed by atoms with Crippen molar-refractivity contribution in [1.82, 2.24) is 10.4 Å². The van der Waals surface area contributed by atoms with Crippen molar-refractivity contribution in [2.75, 3.05) is 26.3 Å². The Labute approximate surface area is 139 Å². The van der Waals surface area contributed by atoms with Crippen LogP contribution >= 0.6 is 12.4 Å². The number of hydrazine groups is 1. The molecule has 128 valence electrons. The van der Waals surface area contributed by atoms with Crippen LogP contribution in [0.2, 0.25) is 0 Å². The number of nitrogens with zero attached hydrogens (tertiary/aromatic N) is 1. The number of phenols is 1. The fraction of sp³-hybridized carbons (Fsp3) is 0.429. The van der Waals surface area contributed by atoms with Crippen molar-refractivity contribution in [3.63, 3.8) is 0 Å². The van der Waals surface area contributed by atoms with Gasteiger partial charge in [0.25, 0.3) is 0 Å². The van der Waals surface area contributed by atoms with E-state index in [2.05, 4.69) is 10.2 Å². The molecule has 1 aliphatic heterocycles. The highest BCUT2D eigenvalue weighted by molar-refractivity contribution is 5.87. The van der Waals surface area contributed by atoms with Gasteiger partial charge in [-0.05, 0) is 11.6 Å². The summed E-state index contributed by atoms with van der Waals surface area (Å²) in [6.07, 6.45) is -0.796. The zero-order valence-electron chi connectivity index (χ0n) is 12.4. The molecular formula is C14H20ClN3O5. The maximum atomic E-state index is 11.8. The van der Waals surface area contributed by atoms with Gasteiger partial charge >= 0.3 is 12.1 Å². The lowest BCUT2D eigenvalue weighted by Crippen LogP contribution is -2.49. The van der Waals surface area contributed by atoms with Crippen molar-refractivity contribution in [2.24, 2.45) is 5.73 Å². The van der Waals surface area contributed by atoms with E-state index >= 15 is 0 Å². The van der Waals surface area contributed by atoms with Crippen LogP contribution in [0.3, 0.4) is 0 Å². The van der Waals surface area contributed by atoms with Crippen molar-refractivity contribution in [1.29, 1.82) is 0 Å². The maximum Gasteiger partial charge on any atom is 0.429 e. The summed E-state index contributed by atoms with van der Waals surface area (Å²) >= 11 is 0. The van der Waals surface area contributed by atoms with Gasteiger partial charge in [0.15, 0.2) is 0 Å². The molecule has 0 bridgehead atoms. The molecule has 8 nitrogen and oxygen atoms in total. The van der Waals surface area contributed by atoms with E-state index in [4.69, 9.17) is 10.5 Å². The first-order valence-corrected chi connectivity index (χ1v) is 6.93. The number of morpholine rings is 1. The van der Waals surface area contributed by atoms with Gasteiger partial charge < -0.3 is 20.3 Å². The van der Waals surface area contributed by atoms with Gasteiger partial charge in [-0.1, -0.05) is 18.2 Å². The molecule has 1 saturated heterocycles. The molecular weight excluding hydrogens is 326 g/mol. The van der Waals surface area contributed by atoms with Crippen molar-refractivity contribution in [3.05, 3.63) is 29.8 Å². The zero-order valence-corrected chi connectivity index (χ0v) is 13.3. The molecule has 1 aromatic rings. The molecule has 4 N–H and O–H groups in total. The lowest BCUT2D eigenvalue weighted by atomic mass is 10.1. The summed E-state index contributed by atoms with van der Waals surface area (Å²) in [6.45, 7) is 2.04. The molecule has 0 saturated carbocycles. The van der Waals surface area contributed by atoms with Crippen LogP contribution in [-0.2, 0) is 20.7 Å². The Morgan fingerprint density at radius 2 is 2.00 bits per heavy atom. The summed E-state index contributed by atoms with van der Waals surface area (Å²) in [6, 6.07) is 5.50. The standard InChI is InChI=1S/C14H19N3O5.ClH/c15-11(9-10-3-1-2-4-12(10)18)13(19)22-14(20)16-17-5-7-21-8-6-17;/h1-4,11,18H,5-9,15H2,(H,16,20);1H. The quantitative estimate of drug-likeness (QED) is 0.527. The monoisotopic (exact) mass is 345 g/mol. The van der Waals surface area contributed by atoms with Gasteiger partial charge in [-0.25, -0.2) is 14.6 Å². The number of nitrogens with one attached hydrogen (secondary N) is 1. The smallest absolute Gasteiger partial charge is 0.429 e. The van der Waals surface area contributed by atoms with Crippen LogP contribution in [0.5, 0.6) is 5.75 Å². The molecule has 0 aromatic heterocycles. The van der Waals surface area contributed by atoms with Gasteiger partial charge in [-0.3, -0.25) is 5.43 Å². The Balaban J connectivity index is 0.00000264. The molecule has 0 spiro atoms. The largest absolute Gasteiger partial charge is 0.508 e. The number of aromatic hydroxyl groups is 1. The van der Waals surface area contributed by atoms with Gasteiger partial charge in [0.05, 0.1) is 13.2 Å². The maximum absolute atomic E-state index is 11.8. The van der Waals surface area contributed by atoms with Gasteiger partial charge in [0, 0.05) is 19.5 Å². The predicted octanol–water partition coefficient (Wildman–Crippen LogP) is 0.184. The number of amides is 1. The number of carbonyl (C=O) groups is 2. The minimum atomic E-state index is -1.04. The summed E-state index contributed by atoms with van der Waals surface area (Å²) in [4.78, 5) is 23.4. The average Bonchev–Trinajstić information content (AvgIpc) is 2.50. The third-order valence-corrected chi connectivity index (χ3v) is 3.19. The second-order valence-corrected chi connectivity index (χ2v) is 4.86. The highest BCUT2D eigenvalue weighted by atomic mass is 35.5. The minimum Gasteiger partial charge on any atom is -0.508 e. The predicted molar refractivity (Wildman–Crippen MR) is 84.0 cm³/mol. The SMILES string of the molecule is Cl.NC(Cc1ccccc1O)C(=O)OC(=O)NN1CCOCC1. The van der Waals surface area contributed by atoms with E-state index in [9.17, 15) is 14.7 Å². The number of phenolic OH excluding ortho intramolecular Hbond substituents is 1. The second-order valence-electron chi connectivity index (χ2n) is 4.86. The second kappa shape index (κ2) is 9.31. The Hall–Kier alpha value is -1.87. The fourth-order valence-corrected chi connectivity index (χ4v) is 2.00. The molecule has 23 heavy (non-hydrogen) atoms. The Morgan fingerprint density at radius 1 is 1.35 bits per heavy atom. The summed E-state index contributed by atoms with van der Waals surface area (Å²) in [5.41, 5.74) is 8.66. The van der Waals surface area contributed by atoms with Crippen LogP contribution in [0.1, 0.15) is 5.56 Å². The van der Waals surface area contributed by atoms with Gasteiger partial charge in [0.1, 0.15) is 11.8 Å². The van der Waals surface area contributed by atoms with Crippen LogP contribution in [0.25, 0.3) is 0 Å². The van der Waals surface area contributed by atoms with E-state index < -0.39 is 18.1 Å². The highest BCUT2D eigenvalue weighted by Crippen LogP contribution is 2.17. The van der Waals surface area contributed by atoms with Gasteiger partial charge in [0.2, 0.25) is 0 Å². The molecule has 9 heteroatoms. The third-order valence-electron chi connectivity index (χ3n) is 3.19. The number of esters is 1. The fourth-order valence-electron chi connectivity index (χ4n) is 2.00. The van der Waals surface area contributed by atoms with Gasteiger partial charge in [-0.15, -0.1) is 12.4 Å². The van der Waals surface area contributed by atoms with Crippen LogP contribution in [0.15, 0.2) is 24.3 Å². The summed E-state index contributed by atoms with van der Waals surface area (Å²) in [5.74, 6) is -0.808. The lowest BCUT2D eigenvalue weighted by Gasteiger charge is -2.26. The number of nitrogens with two attached hydrogens (primary N) is 1. The molecule has 1 aliphatic rings. The van der Waals surface area contributed by atoms with Gasteiger partial charge in [-0.2, -0.15) is 0 Å². The third kappa shape index (κ3) is 6.03. The molecule has 1 heterocycles. The first-order chi connectivity index (χ1) is 10.6. The van der Waals surface area contributed by atoms with E-state index in [0.717, 1.165) is 0 Å². The van der Waals surface area contributed by atoms with Crippen molar-refractivity contribution >= 4 is 24.5 Å². The van der Waals surface area contributed by atoms with E-state index in [1.807, 2.05) is 0 Å². The minimum absolute atomic E-state index is 0. The average molecular weight is 346 g/mol. The number of halogens is 1. The Kier molecular flexibility index (Phi) is 7.76. The Morgan fingerprint density at radius 3 is 2.65 bits per heavy atom. The van der Waals surface area contributed by atoms with Crippen LogP contribution in [-0.4, -0.2) is 54.5 Å². The topological polar surface area (TPSA) is 114 Å². The molecule has 0 aliphatic carbocycles. The first-order valence-electron chi connectivity index (χ1n) is 6.93. The number of ether oxygens (including phenoxy) is 2.